The maximum Gasteiger partial charge on any atom is 0.438 e. The summed E-state index contributed by atoms with van der Waals surface area (Å²) in [6, 6.07) is 0. The lowest BCUT2D eigenvalue weighted by atomic mass is 10.0. The summed E-state index contributed by atoms with van der Waals surface area (Å²) in [5, 5.41) is -3.46. The summed E-state index contributed by atoms with van der Waals surface area (Å²) in [6.07, 6.45) is 0.872. The summed E-state index contributed by atoms with van der Waals surface area (Å²) in [4.78, 5) is 0. The van der Waals surface area contributed by atoms with Crippen molar-refractivity contribution in [2.24, 2.45) is 0 Å². The summed E-state index contributed by atoms with van der Waals surface area (Å²) in [5.74, 6) is -12.5. The number of rotatable bonds is 14. The van der Waals surface area contributed by atoms with Crippen LogP contribution in [0.4, 0.5) is 30.7 Å². The molecule has 0 fully saturated rings. The first-order valence-corrected chi connectivity index (χ1v) is 10.3. The predicted molar refractivity (Wildman–Crippen MR) is 97.9 cm³/mol. The van der Waals surface area contributed by atoms with Crippen molar-refractivity contribution >= 4 is 10.1 Å². The third-order valence-corrected chi connectivity index (χ3v) is 4.54. The fourth-order valence-corrected chi connectivity index (χ4v) is 2.41. The Balaban J connectivity index is 0. The van der Waals surface area contributed by atoms with Crippen LogP contribution >= 0.6 is 0 Å². The van der Waals surface area contributed by atoms with Gasteiger partial charge >= 0.3 is 27.2 Å². The van der Waals surface area contributed by atoms with Gasteiger partial charge in [0.05, 0.1) is 0 Å². The van der Waals surface area contributed by atoms with Gasteiger partial charge in [0.2, 0.25) is 0 Å². The standard InChI is InChI=1S/C11H17F7O3S.C6H11N/c1-2-3-4-5-6-7-8(12)9(13,14)10(15,16)11(17,18)22(19,20)21;1-3-5-7-6-4-2/h8H,2-7H2,1H3,(H,19,20,21);3-4,7H,1-2,5-6H2. The van der Waals surface area contributed by atoms with Gasteiger partial charge in [-0.05, 0) is 6.42 Å². The van der Waals surface area contributed by atoms with Crippen molar-refractivity contribution in [1.29, 1.82) is 0 Å². The van der Waals surface area contributed by atoms with Crippen LogP contribution in [0.15, 0.2) is 25.3 Å². The van der Waals surface area contributed by atoms with E-state index in [1.165, 1.54) is 0 Å². The zero-order chi connectivity index (χ0) is 23.4. The quantitative estimate of drug-likeness (QED) is 0.158. The molecule has 12 heteroatoms. The van der Waals surface area contributed by atoms with Gasteiger partial charge in [-0.2, -0.15) is 34.8 Å². The molecule has 0 aliphatic heterocycles. The van der Waals surface area contributed by atoms with E-state index in [1.54, 1.807) is 0 Å². The van der Waals surface area contributed by atoms with Crippen molar-refractivity contribution in [1.82, 2.24) is 5.32 Å². The zero-order valence-electron chi connectivity index (χ0n) is 16.1. The smallest absolute Gasteiger partial charge is 0.310 e. The highest BCUT2D eigenvalue weighted by Gasteiger charge is 2.79. The molecule has 174 valence electrons. The second-order valence-corrected chi connectivity index (χ2v) is 7.56. The lowest BCUT2D eigenvalue weighted by molar-refractivity contribution is -0.300. The molecule has 0 aromatic carbocycles. The topological polar surface area (TPSA) is 66.4 Å². The van der Waals surface area contributed by atoms with Crippen LogP contribution in [-0.2, 0) is 10.1 Å². The van der Waals surface area contributed by atoms with Crippen LogP contribution in [0.3, 0.4) is 0 Å². The van der Waals surface area contributed by atoms with Gasteiger partial charge in [-0.15, -0.1) is 13.2 Å². The number of alkyl halides is 7. The van der Waals surface area contributed by atoms with Gasteiger partial charge in [-0.3, -0.25) is 4.55 Å². The lowest BCUT2D eigenvalue weighted by Crippen LogP contribution is -2.61. The second-order valence-electron chi connectivity index (χ2n) is 6.10. The van der Waals surface area contributed by atoms with E-state index in [1.807, 2.05) is 19.1 Å². The Kier molecular flexibility index (Phi) is 13.7. The maximum atomic E-state index is 13.3. The summed E-state index contributed by atoms with van der Waals surface area (Å²) in [5.41, 5.74) is 0. The van der Waals surface area contributed by atoms with Gasteiger partial charge in [0.1, 0.15) is 0 Å². The highest BCUT2D eigenvalue weighted by atomic mass is 32.2. The number of hydrogen-bond donors (Lipinski definition) is 2. The highest BCUT2D eigenvalue weighted by molar-refractivity contribution is 7.87. The molecule has 0 saturated carbocycles. The van der Waals surface area contributed by atoms with E-state index in [9.17, 15) is 39.2 Å². The molecule has 1 unspecified atom stereocenters. The van der Waals surface area contributed by atoms with E-state index in [0.717, 1.165) is 19.5 Å². The third-order valence-electron chi connectivity index (χ3n) is 3.64. The summed E-state index contributed by atoms with van der Waals surface area (Å²) < 4.78 is 120. The number of unbranched alkanes of at least 4 members (excludes halogenated alkanes) is 4. The minimum atomic E-state index is -6.84. The van der Waals surface area contributed by atoms with Gasteiger partial charge in [0.25, 0.3) is 0 Å². The van der Waals surface area contributed by atoms with Crippen LogP contribution in [0, 0.1) is 0 Å². The molecule has 0 aliphatic carbocycles. The molecular formula is C17H28F7NO3S. The SMILES string of the molecule is C=CCNCC=C.CCCCCCCC(F)C(F)(F)C(F)(F)C(F)(F)S(=O)(=O)O. The van der Waals surface area contributed by atoms with Gasteiger partial charge in [0, 0.05) is 13.1 Å². The van der Waals surface area contributed by atoms with Crippen molar-refractivity contribution in [3.8, 4) is 0 Å². The molecule has 0 saturated heterocycles. The molecule has 0 aromatic heterocycles. The molecule has 1 atom stereocenters. The first-order chi connectivity index (χ1) is 13.1. The average Bonchev–Trinajstić information content (AvgIpc) is 2.61. The molecule has 0 radical (unpaired) electrons. The van der Waals surface area contributed by atoms with Crippen LogP contribution < -0.4 is 5.32 Å². The Morgan fingerprint density at radius 1 is 0.966 bits per heavy atom. The van der Waals surface area contributed by atoms with Crippen molar-refractivity contribution in [2.75, 3.05) is 13.1 Å². The van der Waals surface area contributed by atoms with Crippen molar-refractivity contribution in [3.63, 3.8) is 0 Å². The largest absolute Gasteiger partial charge is 0.438 e. The minimum Gasteiger partial charge on any atom is -0.310 e. The molecule has 0 heterocycles. The molecule has 4 nitrogen and oxygen atoms in total. The van der Waals surface area contributed by atoms with E-state index in [0.29, 0.717) is 12.8 Å². The first-order valence-electron chi connectivity index (χ1n) is 8.82. The van der Waals surface area contributed by atoms with Gasteiger partial charge in [-0.25, -0.2) is 4.39 Å². The van der Waals surface area contributed by atoms with Crippen molar-refractivity contribution < 1.29 is 43.7 Å². The summed E-state index contributed by atoms with van der Waals surface area (Å²) >= 11 is 0. The number of hydrogen-bond acceptors (Lipinski definition) is 3. The molecular weight excluding hydrogens is 431 g/mol. The lowest BCUT2D eigenvalue weighted by Gasteiger charge is -2.32. The van der Waals surface area contributed by atoms with Crippen LogP contribution in [0.25, 0.3) is 0 Å². The monoisotopic (exact) mass is 459 g/mol. The highest BCUT2D eigenvalue weighted by Crippen LogP contribution is 2.50. The van der Waals surface area contributed by atoms with Gasteiger partial charge < -0.3 is 5.32 Å². The normalized spacial score (nSPS) is 14.0. The molecule has 0 bridgehead atoms. The molecule has 0 spiro atoms. The third kappa shape index (κ3) is 9.04. The average molecular weight is 459 g/mol. The predicted octanol–water partition coefficient (Wildman–Crippen LogP) is 5.38. The second kappa shape index (κ2) is 13.2. The maximum absolute atomic E-state index is 13.3. The van der Waals surface area contributed by atoms with Crippen LogP contribution in [0.2, 0.25) is 0 Å². The van der Waals surface area contributed by atoms with E-state index in [-0.39, 0.29) is 12.8 Å². The Hall–Kier alpha value is -1.14. The zero-order valence-corrected chi connectivity index (χ0v) is 16.9. The Morgan fingerprint density at radius 3 is 1.79 bits per heavy atom. The Morgan fingerprint density at radius 2 is 1.41 bits per heavy atom. The Bertz CT molecular complexity index is 576. The molecule has 0 rings (SSSR count). The van der Waals surface area contributed by atoms with Crippen molar-refractivity contribution in [3.05, 3.63) is 25.3 Å². The fourth-order valence-electron chi connectivity index (χ4n) is 1.95. The fraction of sp³-hybridized carbons (Fsp3) is 0.765. The molecule has 0 aliphatic rings. The van der Waals surface area contributed by atoms with Crippen LogP contribution in [-0.4, -0.2) is 49.3 Å². The summed E-state index contributed by atoms with van der Waals surface area (Å²) in [7, 11) is -6.84. The van der Waals surface area contributed by atoms with Gasteiger partial charge in [-0.1, -0.05) is 51.2 Å². The van der Waals surface area contributed by atoms with Crippen LogP contribution in [0.5, 0.6) is 0 Å². The minimum absolute atomic E-state index is 0.241. The molecule has 29 heavy (non-hydrogen) atoms. The molecule has 2 N–H and O–H groups in total. The summed E-state index contributed by atoms with van der Waals surface area (Å²) in [6.45, 7) is 10.6. The van der Waals surface area contributed by atoms with Crippen LogP contribution in [0.1, 0.15) is 45.4 Å². The first kappa shape index (κ1) is 30.1. The van der Waals surface area contributed by atoms with Gasteiger partial charge in [0.15, 0.2) is 6.17 Å². The molecule has 0 amide bonds. The number of nitrogens with one attached hydrogen (secondary N) is 1. The van der Waals surface area contributed by atoms with E-state index < -0.39 is 39.8 Å². The number of halogens is 7. The van der Waals surface area contributed by atoms with E-state index >= 15 is 0 Å². The molecule has 0 aromatic rings. The van der Waals surface area contributed by atoms with E-state index in [4.69, 9.17) is 4.55 Å². The Labute approximate surface area is 167 Å². The van der Waals surface area contributed by atoms with E-state index in [2.05, 4.69) is 18.5 Å². The van der Waals surface area contributed by atoms with Crippen molar-refractivity contribution in [2.45, 2.75) is 68.7 Å².